The summed E-state index contributed by atoms with van der Waals surface area (Å²) in [5.41, 5.74) is 2.48. The van der Waals surface area contributed by atoms with Gasteiger partial charge in [-0.2, -0.15) is 0 Å². The van der Waals surface area contributed by atoms with Crippen LogP contribution in [-0.4, -0.2) is 11.8 Å². The molecule has 5 heteroatoms. The second kappa shape index (κ2) is 7.12. The number of rotatable bonds is 5. The Labute approximate surface area is 158 Å². The molecule has 1 aliphatic rings. The van der Waals surface area contributed by atoms with E-state index < -0.39 is 5.41 Å². The maximum Gasteiger partial charge on any atom is 0.240 e. The number of aryl methyl sites for hydroxylation is 1. The van der Waals surface area contributed by atoms with Crippen molar-refractivity contribution in [3.8, 4) is 0 Å². The Hall–Kier alpha value is -2.33. The van der Waals surface area contributed by atoms with Crippen LogP contribution in [0, 0.1) is 12.3 Å². The second-order valence-corrected chi connectivity index (χ2v) is 7.63. The van der Waals surface area contributed by atoms with Gasteiger partial charge in [0.25, 0.3) is 0 Å². The van der Waals surface area contributed by atoms with Gasteiger partial charge in [-0.05, 0) is 55.0 Å². The third kappa shape index (κ3) is 3.61. The van der Waals surface area contributed by atoms with Gasteiger partial charge in [0.15, 0.2) is 0 Å². The first-order chi connectivity index (χ1) is 12.3. The van der Waals surface area contributed by atoms with Crippen molar-refractivity contribution in [1.82, 2.24) is 0 Å². The Kier molecular flexibility index (Phi) is 5.05. The zero-order chi connectivity index (χ0) is 18.9. The van der Waals surface area contributed by atoms with E-state index >= 15 is 0 Å². The highest BCUT2D eigenvalue weighted by molar-refractivity contribution is 6.31. The maximum absolute atomic E-state index is 12.9. The minimum atomic E-state index is -1.00. The molecular weight excluding hydrogens is 348 g/mol. The number of hydrogen-bond acceptors (Lipinski definition) is 2. The summed E-state index contributed by atoms with van der Waals surface area (Å²) in [5, 5.41) is 6.38. The standard InChI is InChI=1S/C21H23ClN2O2/c1-13(2)17-9-4-6-14(3)18(17)24-20(26)21(10-11-21)19(25)23-16-8-5-7-15(22)12-16/h4-9,12-13H,10-11H2,1-3H3,(H,23,25)(H,24,26). The Morgan fingerprint density at radius 3 is 2.31 bits per heavy atom. The van der Waals surface area contributed by atoms with Crippen molar-refractivity contribution in [1.29, 1.82) is 0 Å². The molecule has 2 aromatic carbocycles. The molecule has 26 heavy (non-hydrogen) atoms. The lowest BCUT2D eigenvalue weighted by Gasteiger charge is -2.20. The molecule has 0 bridgehead atoms. The summed E-state index contributed by atoms with van der Waals surface area (Å²) in [6.45, 7) is 6.14. The van der Waals surface area contributed by atoms with E-state index in [4.69, 9.17) is 11.6 Å². The summed E-state index contributed by atoms with van der Waals surface area (Å²) in [6.07, 6.45) is 1.10. The molecule has 1 aliphatic carbocycles. The predicted molar refractivity (Wildman–Crippen MR) is 106 cm³/mol. The molecule has 0 atom stereocenters. The fourth-order valence-electron chi connectivity index (χ4n) is 3.07. The monoisotopic (exact) mass is 370 g/mol. The second-order valence-electron chi connectivity index (χ2n) is 7.19. The third-order valence-corrected chi connectivity index (χ3v) is 5.10. The lowest BCUT2D eigenvalue weighted by atomic mass is 9.97. The summed E-state index contributed by atoms with van der Waals surface area (Å²) in [5.74, 6) is -0.245. The summed E-state index contributed by atoms with van der Waals surface area (Å²) in [7, 11) is 0. The van der Waals surface area contributed by atoms with Gasteiger partial charge in [-0.25, -0.2) is 0 Å². The van der Waals surface area contributed by atoms with Crippen molar-refractivity contribution in [2.45, 2.75) is 39.5 Å². The lowest BCUT2D eigenvalue weighted by Crippen LogP contribution is -2.36. The first kappa shape index (κ1) is 18.5. The van der Waals surface area contributed by atoms with Crippen LogP contribution in [0.5, 0.6) is 0 Å². The maximum atomic E-state index is 12.9. The van der Waals surface area contributed by atoms with Gasteiger partial charge in [-0.3, -0.25) is 9.59 Å². The molecule has 136 valence electrons. The van der Waals surface area contributed by atoms with Crippen molar-refractivity contribution in [2.24, 2.45) is 5.41 Å². The molecule has 2 amide bonds. The third-order valence-electron chi connectivity index (χ3n) is 4.87. The van der Waals surface area contributed by atoms with Crippen LogP contribution >= 0.6 is 11.6 Å². The van der Waals surface area contributed by atoms with Crippen molar-refractivity contribution in [3.05, 3.63) is 58.6 Å². The molecule has 1 saturated carbocycles. The summed E-state index contributed by atoms with van der Waals surface area (Å²) in [6, 6.07) is 12.9. The van der Waals surface area contributed by atoms with E-state index in [2.05, 4.69) is 24.5 Å². The number of carbonyl (C=O) groups excluding carboxylic acids is 2. The van der Waals surface area contributed by atoms with E-state index in [9.17, 15) is 9.59 Å². The zero-order valence-electron chi connectivity index (χ0n) is 15.2. The van der Waals surface area contributed by atoms with Crippen LogP contribution in [0.25, 0.3) is 0 Å². The number of hydrogen-bond donors (Lipinski definition) is 2. The van der Waals surface area contributed by atoms with Crippen molar-refractivity contribution in [2.75, 3.05) is 10.6 Å². The van der Waals surface area contributed by atoms with Gasteiger partial charge < -0.3 is 10.6 Å². The quantitative estimate of drug-likeness (QED) is 0.717. The number of anilines is 2. The molecule has 4 nitrogen and oxygen atoms in total. The number of amides is 2. The van der Waals surface area contributed by atoms with Crippen LogP contribution in [0.1, 0.15) is 43.7 Å². The highest BCUT2D eigenvalue weighted by atomic mass is 35.5. The van der Waals surface area contributed by atoms with E-state index in [0.717, 1.165) is 16.8 Å². The topological polar surface area (TPSA) is 58.2 Å². The van der Waals surface area contributed by atoms with E-state index in [-0.39, 0.29) is 17.7 Å². The average Bonchev–Trinajstić information content (AvgIpc) is 3.38. The molecule has 0 spiro atoms. The average molecular weight is 371 g/mol. The van der Waals surface area contributed by atoms with Crippen LogP contribution in [0.3, 0.4) is 0 Å². The van der Waals surface area contributed by atoms with Gasteiger partial charge in [0.1, 0.15) is 5.41 Å². The van der Waals surface area contributed by atoms with E-state index in [1.807, 2.05) is 25.1 Å². The highest BCUT2D eigenvalue weighted by Gasteiger charge is 2.56. The van der Waals surface area contributed by atoms with E-state index in [1.165, 1.54) is 0 Å². The minimum Gasteiger partial charge on any atom is -0.325 e. The van der Waals surface area contributed by atoms with Gasteiger partial charge in [0.2, 0.25) is 11.8 Å². The molecule has 2 N–H and O–H groups in total. The Morgan fingerprint density at radius 1 is 1.04 bits per heavy atom. The van der Waals surface area contributed by atoms with Gasteiger partial charge in [-0.1, -0.05) is 49.7 Å². The number of halogens is 1. The Balaban J connectivity index is 1.79. The first-order valence-electron chi connectivity index (χ1n) is 8.81. The normalized spacial score (nSPS) is 14.8. The minimum absolute atomic E-state index is 0.242. The largest absolute Gasteiger partial charge is 0.325 e. The van der Waals surface area contributed by atoms with Crippen LogP contribution < -0.4 is 10.6 Å². The van der Waals surface area contributed by atoms with Gasteiger partial charge in [0, 0.05) is 16.4 Å². The van der Waals surface area contributed by atoms with Crippen LogP contribution in [0.15, 0.2) is 42.5 Å². The van der Waals surface area contributed by atoms with Gasteiger partial charge >= 0.3 is 0 Å². The number of carbonyl (C=O) groups is 2. The number of benzene rings is 2. The molecule has 2 aromatic rings. The molecule has 3 rings (SSSR count). The molecule has 0 aromatic heterocycles. The van der Waals surface area contributed by atoms with Crippen LogP contribution in [0.2, 0.25) is 5.02 Å². The Bertz CT molecular complexity index is 857. The van der Waals surface area contributed by atoms with Crippen LogP contribution in [0.4, 0.5) is 11.4 Å². The number of nitrogens with one attached hydrogen (secondary N) is 2. The summed E-state index contributed by atoms with van der Waals surface area (Å²) in [4.78, 5) is 25.7. The fraction of sp³-hybridized carbons (Fsp3) is 0.333. The molecule has 0 heterocycles. The predicted octanol–water partition coefficient (Wildman–Crippen LogP) is 5.13. The Morgan fingerprint density at radius 2 is 1.69 bits per heavy atom. The zero-order valence-corrected chi connectivity index (χ0v) is 16.0. The SMILES string of the molecule is Cc1cccc(C(C)C)c1NC(=O)C1(C(=O)Nc2cccc(Cl)c2)CC1. The highest BCUT2D eigenvalue weighted by Crippen LogP contribution is 2.48. The van der Waals surface area contributed by atoms with E-state index in [1.54, 1.807) is 24.3 Å². The van der Waals surface area contributed by atoms with Gasteiger partial charge in [-0.15, -0.1) is 0 Å². The molecule has 0 aliphatic heterocycles. The fourth-order valence-corrected chi connectivity index (χ4v) is 3.26. The first-order valence-corrected chi connectivity index (χ1v) is 9.19. The molecular formula is C21H23ClN2O2. The van der Waals surface area contributed by atoms with E-state index in [0.29, 0.717) is 23.6 Å². The molecule has 1 fully saturated rings. The molecule has 0 unspecified atom stereocenters. The van der Waals surface area contributed by atoms with Crippen LogP contribution in [-0.2, 0) is 9.59 Å². The van der Waals surface area contributed by atoms with Gasteiger partial charge in [0.05, 0.1) is 0 Å². The van der Waals surface area contributed by atoms with Crippen molar-refractivity contribution >= 4 is 34.8 Å². The number of para-hydroxylation sites is 1. The summed E-state index contributed by atoms with van der Waals surface area (Å²) >= 11 is 5.96. The lowest BCUT2D eigenvalue weighted by molar-refractivity contribution is -0.131. The summed E-state index contributed by atoms with van der Waals surface area (Å²) < 4.78 is 0. The van der Waals surface area contributed by atoms with Crippen molar-refractivity contribution in [3.63, 3.8) is 0 Å². The molecule has 0 saturated heterocycles. The molecule has 0 radical (unpaired) electrons. The smallest absolute Gasteiger partial charge is 0.240 e. The van der Waals surface area contributed by atoms with Crippen molar-refractivity contribution < 1.29 is 9.59 Å².